The third-order valence-corrected chi connectivity index (χ3v) is 5.36. The number of hydrogen-bond donors (Lipinski definition) is 2. The molecule has 0 aliphatic carbocycles. The summed E-state index contributed by atoms with van der Waals surface area (Å²) in [6.45, 7) is 3.41. The number of unbranched alkanes of at least 4 members (excludes halogenated alkanes) is 8. The SMILES string of the molecule is CCCCCCCCCCCC(COCCOCCOP(=O)(O)O)Oc1ccccc1. The average molecular weight is 461 g/mol. The first kappa shape index (κ1) is 28.1. The first-order valence-corrected chi connectivity index (χ1v) is 13.1. The Morgan fingerprint density at radius 2 is 1.39 bits per heavy atom. The van der Waals surface area contributed by atoms with Gasteiger partial charge >= 0.3 is 7.82 Å². The molecule has 0 aliphatic rings. The van der Waals surface area contributed by atoms with Crippen LogP contribution in [0.15, 0.2) is 30.3 Å². The number of ether oxygens (including phenoxy) is 3. The highest BCUT2D eigenvalue weighted by Crippen LogP contribution is 2.35. The van der Waals surface area contributed by atoms with Crippen molar-refractivity contribution in [3.05, 3.63) is 30.3 Å². The summed E-state index contributed by atoms with van der Waals surface area (Å²) in [6, 6.07) is 9.78. The van der Waals surface area contributed by atoms with E-state index in [9.17, 15) is 4.57 Å². The zero-order valence-electron chi connectivity index (χ0n) is 19.0. The summed E-state index contributed by atoms with van der Waals surface area (Å²) in [5.74, 6) is 0.845. The Kier molecular flexibility index (Phi) is 16.9. The van der Waals surface area contributed by atoms with Crippen LogP contribution >= 0.6 is 7.82 Å². The van der Waals surface area contributed by atoms with Gasteiger partial charge < -0.3 is 24.0 Å². The monoisotopic (exact) mass is 460 g/mol. The van der Waals surface area contributed by atoms with E-state index in [4.69, 9.17) is 24.0 Å². The zero-order valence-corrected chi connectivity index (χ0v) is 19.8. The average Bonchev–Trinajstić information content (AvgIpc) is 2.74. The minimum Gasteiger partial charge on any atom is -0.488 e. The molecule has 0 saturated heterocycles. The van der Waals surface area contributed by atoms with E-state index >= 15 is 0 Å². The first-order chi connectivity index (χ1) is 15.0. The van der Waals surface area contributed by atoms with Crippen LogP contribution in [0.2, 0.25) is 0 Å². The smallest absolute Gasteiger partial charge is 0.469 e. The second-order valence-electron chi connectivity index (χ2n) is 7.68. The van der Waals surface area contributed by atoms with Crippen LogP contribution in [0.25, 0.3) is 0 Å². The lowest BCUT2D eigenvalue weighted by atomic mass is 10.1. The van der Waals surface area contributed by atoms with Gasteiger partial charge in [0.15, 0.2) is 0 Å². The molecule has 0 fully saturated rings. The Bertz CT molecular complexity index is 564. The van der Waals surface area contributed by atoms with Crippen LogP contribution in [-0.2, 0) is 18.6 Å². The maximum atomic E-state index is 10.6. The summed E-state index contributed by atoms with van der Waals surface area (Å²) < 4.78 is 31.9. The maximum Gasteiger partial charge on any atom is 0.469 e. The third kappa shape index (κ3) is 18.3. The van der Waals surface area contributed by atoms with Crippen LogP contribution in [0.5, 0.6) is 5.75 Å². The van der Waals surface area contributed by atoms with Gasteiger partial charge in [0.05, 0.1) is 33.0 Å². The van der Waals surface area contributed by atoms with E-state index in [-0.39, 0.29) is 19.3 Å². The molecule has 1 atom stereocenters. The quantitative estimate of drug-likeness (QED) is 0.185. The van der Waals surface area contributed by atoms with Gasteiger partial charge in [0, 0.05) is 0 Å². The molecular formula is C23H41O7P. The summed E-state index contributed by atoms with van der Waals surface area (Å²) in [6.07, 6.45) is 12.6. The molecule has 7 nitrogen and oxygen atoms in total. The maximum absolute atomic E-state index is 10.6. The van der Waals surface area contributed by atoms with Crippen molar-refractivity contribution >= 4 is 7.82 Å². The Morgan fingerprint density at radius 3 is 2.03 bits per heavy atom. The Balaban J connectivity index is 2.17. The summed E-state index contributed by atoms with van der Waals surface area (Å²) in [5, 5.41) is 0. The van der Waals surface area contributed by atoms with Crippen LogP contribution < -0.4 is 4.74 Å². The fourth-order valence-electron chi connectivity index (χ4n) is 3.20. The standard InChI is InChI=1S/C23H41O7P/c1-2-3-4-5-6-7-8-9-11-16-23(30-22-14-12-10-13-15-22)21-28-18-17-27-19-20-29-31(24,25)26/h10,12-15,23H,2-9,11,16-21H2,1H3,(H2,24,25,26). The Morgan fingerprint density at radius 1 is 0.806 bits per heavy atom. The van der Waals surface area contributed by atoms with Crippen LogP contribution in [0.3, 0.4) is 0 Å². The second kappa shape index (κ2) is 18.6. The second-order valence-corrected chi connectivity index (χ2v) is 8.92. The van der Waals surface area contributed by atoms with Crippen LogP contribution in [0.4, 0.5) is 0 Å². The molecule has 0 saturated carbocycles. The van der Waals surface area contributed by atoms with Crippen molar-refractivity contribution in [3.8, 4) is 5.75 Å². The van der Waals surface area contributed by atoms with Gasteiger partial charge in [-0.05, 0) is 25.0 Å². The van der Waals surface area contributed by atoms with Gasteiger partial charge in [0.25, 0.3) is 0 Å². The van der Waals surface area contributed by atoms with E-state index in [1.165, 1.54) is 51.4 Å². The minimum absolute atomic E-state index is 0.00931. The van der Waals surface area contributed by atoms with Crippen molar-refractivity contribution in [2.45, 2.75) is 77.2 Å². The topological polar surface area (TPSA) is 94.5 Å². The van der Waals surface area contributed by atoms with E-state index in [0.29, 0.717) is 19.8 Å². The number of benzene rings is 1. The lowest BCUT2D eigenvalue weighted by Crippen LogP contribution is -2.24. The predicted octanol–water partition coefficient (Wildman–Crippen LogP) is 5.50. The number of phosphoric acid groups is 1. The highest BCUT2D eigenvalue weighted by molar-refractivity contribution is 7.46. The minimum atomic E-state index is -4.43. The molecule has 180 valence electrons. The van der Waals surface area contributed by atoms with Crippen molar-refractivity contribution in [1.82, 2.24) is 0 Å². The van der Waals surface area contributed by atoms with E-state index in [1.807, 2.05) is 30.3 Å². The van der Waals surface area contributed by atoms with Crippen molar-refractivity contribution in [3.63, 3.8) is 0 Å². The lowest BCUT2D eigenvalue weighted by Gasteiger charge is -2.19. The molecule has 1 unspecified atom stereocenters. The fraction of sp³-hybridized carbons (Fsp3) is 0.739. The first-order valence-electron chi connectivity index (χ1n) is 11.6. The highest BCUT2D eigenvalue weighted by Gasteiger charge is 2.13. The molecule has 0 aromatic heterocycles. The van der Waals surface area contributed by atoms with E-state index in [1.54, 1.807) is 0 Å². The molecule has 31 heavy (non-hydrogen) atoms. The lowest BCUT2D eigenvalue weighted by molar-refractivity contribution is 0.00222. The summed E-state index contributed by atoms with van der Waals surface area (Å²) in [5.41, 5.74) is 0. The van der Waals surface area contributed by atoms with E-state index < -0.39 is 7.82 Å². The number of para-hydroxylation sites is 1. The molecule has 0 amide bonds. The zero-order chi connectivity index (χ0) is 22.6. The normalized spacial score (nSPS) is 12.7. The van der Waals surface area contributed by atoms with Crippen molar-refractivity contribution in [1.29, 1.82) is 0 Å². The molecule has 1 rings (SSSR count). The van der Waals surface area contributed by atoms with Gasteiger partial charge in [0.2, 0.25) is 0 Å². The number of hydrogen-bond acceptors (Lipinski definition) is 5. The Labute approximate surface area is 187 Å². The van der Waals surface area contributed by atoms with Crippen molar-refractivity contribution < 1.29 is 33.1 Å². The molecule has 8 heteroatoms. The fourth-order valence-corrected chi connectivity index (χ4v) is 3.51. The van der Waals surface area contributed by atoms with Gasteiger partial charge in [-0.3, -0.25) is 4.52 Å². The summed E-state index contributed by atoms with van der Waals surface area (Å²) in [4.78, 5) is 17.2. The van der Waals surface area contributed by atoms with Gasteiger partial charge in [-0.15, -0.1) is 0 Å². The van der Waals surface area contributed by atoms with Crippen molar-refractivity contribution in [2.24, 2.45) is 0 Å². The highest BCUT2D eigenvalue weighted by atomic mass is 31.2. The Hall–Kier alpha value is -0.950. The number of phosphoric ester groups is 1. The van der Waals surface area contributed by atoms with Gasteiger partial charge in [-0.25, -0.2) is 4.57 Å². The van der Waals surface area contributed by atoms with Gasteiger partial charge in [-0.2, -0.15) is 0 Å². The predicted molar refractivity (Wildman–Crippen MR) is 122 cm³/mol. The molecule has 1 aromatic rings. The van der Waals surface area contributed by atoms with Crippen molar-refractivity contribution in [2.75, 3.05) is 33.0 Å². The molecular weight excluding hydrogens is 419 g/mol. The third-order valence-electron chi connectivity index (χ3n) is 4.84. The molecule has 0 bridgehead atoms. The van der Waals surface area contributed by atoms with E-state index in [2.05, 4.69) is 11.4 Å². The number of rotatable bonds is 21. The molecule has 1 aromatic carbocycles. The largest absolute Gasteiger partial charge is 0.488 e. The van der Waals surface area contributed by atoms with Gasteiger partial charge in [-0.1, -0.05) is 76.5 Å². The van der Waals surface area contributed by atoms with E-state index in [0.717, 1.165) is 18.6 Å². The van der Waals surface area contributed by atoms with Crippen LogP contribution in [0, 0.1) is 0 Å². The molecule has 2 N–H and O–H groups in total. The molecule has 0 spiro atoms. The molecule has 0 aliphatic heterocycles. The van der Waals surface area contributed by atoms with Crippen LogP contribution in [0.1, 0.15) is 71.1 Å². The summed E-state index contributed by atoms with van der Waals surface area (Å²) >= 11 is 0. The molecule has 0 heterocycles. The summed E-state index contributed by atoms with van der Waals surface area (Å²) in [7, 11) is -4.43. The van der Waals surface area contributed by atoms with Gasteiger partial charge in [0.1, 0.15) is 11.9 Å². The van der Waals surface area contributed by atoms with Crippen LogP contribution in [-0.4, -0.2) is 48.9 Å². The molecule has 0 radical (unpaired) electrons.